The number of aromatic nitrogens is 1. The number of likely N-dealkylation sites (tertiary alicyclic amines) is 1. The number of hydrogen-bond acceptors (Lipinski definition) is 5. The molecule has 0 spiro atoms. The van der Waals surface area contributed by atoms with Crippen LogP contribution in [0.15, 0.2) is 34.9 Å². The molecule has 0 aliphatic carbocycles. The van der Waals surface area contributed by atoms with E-state index in [-0.39, 0.29) is 30.4 Å². The van der Waals surface area contributed by atoms with Gasteiger partial charge in [0, 0.05) is 38.3 Å². The summed E-state index contributed by atoms with van der Waals surface area (Å²) in [6.45, 7) is 2.19. The van der Waals surface area contributed by atoms with Crippen LogP contribution in [0.5, 0.6) is 0 Å². The molecule has 3 rings (SSSR count). The summed E-state index contributed by atoms with van der Waals surface area (Å²) < 4.78 is 24.2. The summed E-state index contributed by atoms with van der Waals surface area (Å²) in [6, 6.07) is 6.53. The molecule has 5 nitrogen and oxygen atoms in total. The molecule has 1 aliphatic rings. The molecule has 0 saturated carbocycles. The van der Waals surface area contributed by atoms with E-state index in [0.717, 1.165) is 25.1 Å². The molecule has 7 heteroatoms. The molecule has 1 aromatic heterocycles. The van der Waals surface area contributed by atoms with Crippen LogP contribution < -0.4 is 5.73 Å². The Hall–Kier alpha value is -1.47. The molecule has 0 bridgehead atoms. The van der Waals surface area contributed by atoms with Crippen molar-refractivity contribution in [3.63, 3.8) is 0 Å². The molecule has 1 aromatic carbocycles. The summed E-state index contributed by atoms with van der Waals surface area (Å²) in [4.78, 5) is 6.78. The van der Waals surface area contributed by atoms with Crippen LogP contribution in [-0.2, 0) is 11.3 Å². The van der Waals surface area contributed by atoms with Crippen LogP contribution >= 0.6 is 12.4 Å². The van der Waals surface area contributed by atoms with E-state index in [4.69, 9.17) is 14.9 Å². The largest absolute Gasteiger partial charge is 0.444 e. The van der Waals surface area contributed by atoms with Gasteiger partial charge in [0.05, 0.1) is 11.8 Å². The molecule has 2 N–H and O–H groups in total. The van der Waals surface area contributed by atoms with Gasteiger partial charge in [0.15, 0.2) is 0 Å². The zero-order valence-electron chi connectivity index (χ0n) is 13.7. The zero-order chi connectivity index (χ0) is 16.2. The first-order chi connectivity index (χ1) is 11.2. The molecule has 2 unspecified atom stereocenters. The SMILES string of the molecule is COC1CCN(Cc2coc(-c3cccc(F)c3)n2)C(CN)C1.Cl. The summed E-state index contributed by atoms with van der Waals surface area (Å²) in [7, 11) is 1.75. The zero-order valence-corrected chi connectivity index (χ0v) is 14.5. The first-order valence-electron chi connectivity index (χ1n) is 7.87. The van der Waals surface area contributed by atoms with Gasteiger partial charge in [-0.25, -0.2) is 9.37 Å². The third kappa shape index (κ3) is 4.33. The topological polar surface area (TPSA) is 64.5 Å². The highest BCUT2D eigenvalue weighted by Gasteiger charge is 2.28. The minimum atomic E-state index is -0.299. The fourth-order valence-corrected chi connectivity index (χ4v) is 3.07. The number of benzene rings is 1. The van der Waals surface area contributed by atoms with Gasteiger partial charge in [-0.15, -0.1) is 12.4 Å². The highest BCUT2D eigenvalue weighted by molar-refractivity contribution is 5.85. The Morgan fingerprint density at radius 3 is 3.00 bits per heavy atom. The fourth-order valence-electron chi connectivity index (χ4n) is 3.07. The summed E-state index contributed by atoms with van der Waals surface area (Å²) in [5.74, 6) is 0.141. The molecule has 0 radical (unpaired) electrons. The lowest BCUT2D eigenvalue weighted by molar-refractivity contribution is 0.00978. The van der Waals surface area contributed by atoms with E-state index in [1.165, 1.54) is 12.1 Å². The van der Waals surface area contributed by atoms with Crippen molar-refractivity contribution in [2.75, 3.05) is 20.2 Å². The molecule has 2 atom stereocenters. The average molecular weight is 356 g/mol. The van der Waals surface area contributed by atoms with Crippen molar-refractivity contribution < 1.29 is 13.5 Å². The predicted octanol–water partition coefficient (Wildman–Crippen LogP) is 2.84. The van der Waals surface area contributed by atoms with Gasteiger partial charge in [-0.05, 0) is 31.0 Å². The van der Waals surface area contributed by atoms with Crippen LogP contribution in [-0.4, -0.2) is 42.2 Å². The fraction of sp³-hybridized carbons (Fsp3) is 0.471. The van der Waals surface area contributed by atoms with Crippen molar-refractivity contribution in [1.29, 1.82) is 0 Å². The lowest BCUT2D eigenvalue weighted by Crippen LogP contribution is -2.48. The normalized spacial score (nSPS) is 21.5. The Bertz CT molecular complexity index is 652. The van der Waals surface area contributed by atoms with Crippen molar-refractivity contribution in [2.24, 2.45) is 5.73 Å². The number of ether oxygens (including phenoxy) is 1. The van der Waals surface area contributed by atoms with E-state index < -0.39 is 0 Å². The summed E-state index contributed by atoms with van der Waals surface area (Å²) in [5, 5.41) is 0. The number of nitrogens with two attached hydrogens (primary N) is 1. The summed E-state index contributed by atoms with van der Waals surface area (Å²) in [6.07, 6.45) is 3.83. The lowest BCUT2D eigenvalue weighted by atomic mass is 9.99. The highest BCUT2D eigenvalue weighted by atomic mass is 35.5. The van der Waals surface area contributed by atoms with Gasteiger partial charge >= 0.3 is 0 Å². The number of halogens is 2. The number of piperidine rings is 1. The van der Waals surface area contributed by atoms with Crippen molar-refractivity contribution in [3.05, 3.63) is 42.0 Å². The van der Waals surface area contributed by atoms with Gasteiger partial charge in [-0.1, -0.05) is 6.07 Å². The number of methoxy groups -OCH3 is 1. The Kier molecular flexibility index (Phi) is 6.74. The van der Waals surface area contributed by atoms with Crippen molar-refractivity contribution >= 4 is 12.4 Å². The van der Waals surface area contributed by atoms with Crippen LogP contribution in [0.3, 0.4) is 0 Å². The summed E-state index contributed by atoms with van der Waals surface area (Å²) >= 11 is 0. The van der Waals surface area contributed by atoms with Gasteiger partial charge < -0.3 is 14.9 Å². The van der Waals surface area contributed by atoms with Crippen molar-refractivity contribution in [1.82, 2.24) is 9.88 Å². The van der Waals surface area contributed by atoms with Gasteiger partial charge in [-0.3, -0.25) is 4.90 Å². The lowest BCUT2D eigenvalue weighted by Gasteiger charge is -2.37. The molecule has 1 fully saturated rings. The Balaban J connectivity index is 0.00000208. The van der Waals surface area contributed by atoms with Gasteiger partial charge in [0.25, 0.3) is 0 Å². The molecular weight excluding hydrogens is 333 g/mol. The Morgan fingerprint density at radius 1 is 1.46 bits per heavy atom. The smallest absolute Gasteiger partial charge is 0.226 e. The molecular formula is C17H23ClFN3O2. The van der Waals surface area contributed by atoms with Gasteiger partial charge in [0.2, 0.25) is 5.89 Å². The first kappa shape index (κ1) is 18.9. The van der Waals surface area contributed by atoms with Crippen molar-refractivity contribution in [3.8, 4) is 11.5 Å². The minimum absolute atomic E-state index is 0. The van der Waals surface area contributed by atoms with Gasteiger partial charge in [0.1, 0.15) is 12.1 Å². The second-order valence-electron chi connectivity index (χ2n) is 5.90. The number of rotatable bonds is 5. The van der Waals surface area contributed by atoms with Crippen LogP contribution in [0.1, 0.15) is 18.5 Å². The van der Waals surface area contributed by atoms with E-state index in [1.54, 1.807) is 25.5 Å². The molecule has 2 heterocycles. The van der Waals surface area contributed by atoms with E-state index >= 15 is 0 Å². The molecule has 0 amide bonds. The quantitative estimate of drug-likeness (QED) is 0.893. The molecule has 24 heavy (non-hydrogen) atoms. The Labute approximate surface area is 147 Å². The number of hydrogen-bond donors (Lipinski definition) is 1. The van der Waals surface area contributed by atoms with Crippen molar-refractivity contribution in [2.45, 2.75) is 31.5 Å². The maximum atomic E-state index is 13.3. The van der Waals surface area contributed by atoms with E-state index in [9.17, 15) is 4.39 Å². The van der Waals surface area contributed by atoms with E-state index in [0.29, 0.717) is 24.5 Å². The third-order valence-corrected chi connectivity index (χ3v) is 4.38. The molecule has 1 aliphatic heterocycles. The number of oxazole rings is 1. The van der Waals surface area contributed by atoms with Crippen LogP contribution in [0.25, 0.3) is 11.5 Å². The molecule has 1 saturated heterocycles. The minimum Gasteiger partial charge on any atom is -0.444 e. The van der Waals surface area contributed by atoms with Crippen LogP contribution in [0.2, 0.25) is 0 Å². The maximum Gasteiger partial charge on any atom is 0.226 e. The van der Waals surface area contributed by atoms with Gasteiger partial charge in [-0.2, -0.15) is 0 Å². The predicted molar refractivity (Wildman–Crippen MR) is 92.4 cm³/mol. The first-order valence-corrected chi connectivity index (χ1v) is 7.87. The second-order valence-corrected chi connectivity index (χ2v) is 5.90. The van der Waals surface area contributed by atoms with Crippen LogP contribution in [0.4, 0.5) is 4.39 Å². The standard InChI is InChI=1S/C17H22FN3O2.ClH/c1-22-16-5-6-21(15(8-16)9-19)10-14-11-23-17(20-14)12-3-2-4-13(18)7-12;/h2-4,7,11,15-16H,5-6,8-10,19H2,1H3;1H. The maximum absolute atomic E-state index is 13.3. The highest BCUT2D eigenvalue weighted by Crippen LogP contribution is 2.23. The molecule has 132 valence electrons. The summed E-state index contributed by atoms with van der Waals surface area (Å²) in [5.41, 5.74) is 7.37. The van der Waals surface area contributed by atoms with Crippen LogP contribution in [0, 0.1) is 5.82 Å². The third-order valence-electron chi connectivity index (χ3n) is 4.38. The Morgan fingerprint density at radius 2 is 2.29 bits per heavy atom. The van der Waals surface area contributed by atoms with E-state index in [1.807, 2.05) is 0 Å². The molecule has 2 aromatic rings. The second kappa shape index (κ2) is 8.58. The average Bonchev–Trinajstić information content (AvgIpc) is 3.04. The monoisotopic (exact) mass is 355 g/mol. The number of nitrogens with zero attached hydrogens (tertiary/aromatic N) is 2. The van der Waals surface area contributed by atoms with E-state index in [2.05, 4.69) is 9.88 Å².